The molecule has 78 valence electrons. The molecule has 14 heavy (non-hydrogen) atoms. The fourth-order valence-corrected chi connectivity index (χ4v) is 2.80. The van der Waals surface area contributed by atoms with Crippen LogP contribution < -0.4 is 0 Å². The summed E-state index contributed by atoms with van der Waals surface area (Å²) in [6.45, 7) is 2.84. The molecule has 3 atom stereocenters. The van der Waals surface area contributed by atoms with Crippen LogP contribution in [-0.4, -0.2) is 17.8 Å². The van der Waals surface area contributed by atoms with Gasteiger partial charge in [0, 0.05) is 12.2 Å². The van der Waals surface area contributed by atoms with Gasteiger partial charge in [-0.15, -0.1) is 11.3 Å². The number of aliphatic hydroxyl groups is 1. The van der Waals surface area contributed by atoms with Crippen molar-refractivity contribution in [3.05, 3.63) is 21.3 Å². The molecule has 0 aliphatic carbocycles. The minimum atomic E-state index is -0.578. The molecule has 0 amide bonds. The molecule has 0 radical (unpaired) electrons. The lowest BCUT2D eigenvalue weighted by atomic mass is 9.96. The van der Waals surface area contributed by atoms with Gasteiger partial charge in [0.1, 0.15) is 6.10 Å². The zero-order valence-corrected chi connectivity index (χ0v) is 9.52. The van der Waals surface area contributed by atoms with Crippen LogP contribution in [0.15, 0.2) is 11.4 Å². The third-order valence-electron chi connectivity index (χ3n) is 2.72. The summed E-state index contributed by atoms with van der Waals surface area (Å²) in [6.07, 6.45) is 0.345. The molecular weight excluding hydrogens is 220 g/mol. The average Bonchev–Trinajstić information content (AvgIpc) is 2.73. The predicted molar refractivity (Wildman–Crippen MR) is 57.8 cm³/mol. The van der Waals surface area contributed by atoms with E-state index in [1.807, 2.05) is 11.4 Å². The van der Waals surface area contributed by atoms with Crippen LogP contribution in [0, 0.1) is 5.92 Å². The van der Waals surface area contributed by atoms with Crippen molar-refractivity contribution < 1.29 is 9.84 Å². The normalized spacial score (nSPS) is 29.4. The average molecular weight is 233 g/mol. The lowest BCUT2D eigenvalue weighted by Crippen LogP contribution is -2.22. The van der Waals surface area contributed by atoms with Gasteiger partial charge in [0.05, 0.1) is 10.4 Å². The molecular formula is C10H13ClO2S. The molecule has 0 aromatic carbocycles. The van der Waals surface area contributed by atoms with Crippen molar-refractivity contribution in [1.82, 2.24) is 0 Å². The Morgan fingerprint density at radius 1 is 1.71 bits per heavy atom. The molecule has 1 aliphatic rings. The van der Waals surface area contributed by atoms with E-state index in [1.165, 1.54) is 11.3 Å². The van der Waals surface area contributed by atoms with Crippen LogP contribution >= 0.6 is 22.9 Å². The Bertz CT molecular complexity index is 313. The Labute approximate surface area is 92.5 Å². The quantitative estimate of drug-likeness (QED) is 0.850. The second-order valence-corrected chi connectivity index (χ2v) is 5.21. The van der Waals surface area contributed by atoms with Gasteiger partial charge in [0.2, 0.25) is 0 Å². The summed E-state index contributed by atoms with van der Waals surface area (Å²) in [5, 5.41) is 11.9. The van der Waals surface area contributed by atoms with E-state index in [1.54, 1.807) is 0 Å². The summed E-state index contributed by atoms with van der Waals surface area (Å²) in [5.74, 6) is 0.404. The van der Waals surface area contributed by atoms with Gasteiger partial charge in [0.15, 0.2) is 0 Å². The second-order valence-electron chi connectivity index (χ2n) is 3.70. The van der Waals surface area contributed by atoms with Gasteiger partial charge in [-0.3, -0.25) is 0 Å². The Hall–Kier alpha value is -0.0900. The van der Waals surface area contributed by atoms with Crippen LogP contribution in [0.1, 0.15) is 25.0 Å². The highest BCUT2D eigenvalue weighted by atomic mass is 35.5. The molecule has 1 aromatic rings. The van der Waals surface area contributed by atoms with E-state index < -0.39 is 6.10 Å². The molecule has 0 spiro atoms. The Kier molecular flexibility index (Phi) is 3.12. The Morgan fingerprint density at radius 3 is 3.00 bits per heavy atom. The van der Waals surface area contributed by atoms with Crippen molar-refractivity contribution in [2.45, 2.75) is 25.6 Å². The van der Waals surface area contributed by atoms with Gasteiger partial charge in [-0.05, 0) is 23.8 Å². The summed E-state index contributed by atoms with van der Waals surface area (Å²) in [7, 11) is 0. The zero-order chi connectivity index (χ0) is 10.1. The molecule has 0 bridgehead atoms. The number of rotatable bonds is 2. The topological polar surface area (TPSA) is 29.5 Å². The molecule has 2 nitrogen and oxygen atoms in total. The maximum atomic E-state index is 10.1. The van der Waals surface area contributed by atoms with Gasteiger partial charge in [-0.25, -0.2) is 0 Å². The molecule has 4 heteroatoms. The van der Waals surface area contributed by atoms with Crippen molar-refractivity contribution in [3.63, 3.8) is 0 Å². The first-order chi connectivity index (χ1) is 6.70. The zero-order valence-electron chi connectivity index (χ0n) is 7.94. The minimum Gasteiger partial charge on any atom is -0.386 e. The van der Waals surface area contributed by atoms with E-state index in [-0.39, 0.29) is 6.10 Å². The third-order valence-corrected chi connectivity index (χ3v) is 3.92. The first-order valence-corrected chi connectivity index (χ1v) is 5.98. The number of halogens is 1. The predicted octanol–water partition coefficient (Wildman–Crippen LogP) is 2.86. The van der Waals surface area contributed by atoms with Crippen molar-refractivity contribution in [3.8, 4) is 0 Å². The highest BCUT2D eigenvalue weighted by Gasteiger charge is 2.32. The SMILES string of the molecule is CC1CCOC1C(O)c1ccsc1Cl. The third kappa shape index (κ3) is 1.82. The van der Waals surface area contributed by atoms with Crippen LogP contribution in [0.3, 0.4) is 0 Å². The molecule has 2 rings (SSSR count). The van der Waals surface area contributed by atoms with E-state index in [0.717, 1.165) is 18.6 Å². The second kappa shape index (κ2) is 4.19. The van der Waals surface area contributed by atoms with E-state index in [9.17, 15) is 5.11 Å². The Morgan fingerprint density at radius 2 is 2.50 bits per heavy atom. The van der Waals surface area contributed by atoms with Crippen LogP contribution in [0.2, 0.25) is 4.34 Å². The lowest BCUT2D eigenvalue weighted by molar-refractivity contribution is -0.0175. The smallest absolute Gasteiger partial charge is 0.108 e. The lowest BCUT2D eigenvalue weighted by Gasteiger charge is -2.20. The maximum Gasteiger partial charge on any atom is 0.108 e. The molecule has 2 heterocycles. The maximum absolute atomic E-state index is 10.1. The first kappa shape index (κ1) is 10.4. The number of hydrogen-bond acceptors (Lipinski definition) is 3. The summed E-state index contributed by atoms with van der Waals surface area (Å²) in [4.78, 5) is 0. The van der Waals surface area contributed by atoms with Gasteiger partial charge in [-0.1, -0.05) is 18.5 Å². The molecule has 0 saturated carbocycles. The molecule has 1 N–H and O–H groups in total. The highest BCUT2D eigenvalue weighted by Crippen LogP contribution is 2.36. The molecule has 1 aliphatic heterocycles. The van der Waals surface area contributed by atoms with Crippen molar-refractivity contribution >= 4 is 22.9 Å². The summed E-state index contributed by atoms with van der Waals surface area (Å²) < 4.78 is 6.17. The summed E-state index contributed by atoms with van der Waals surface area (Å²) in [6, 6.07) is 1.87. The summed E-state index contributed by atoms with van der Waals surface area (Å²) >= 11 is 7.41. The highest BCUT2D eigenvalue weighted by molar-refractivity contribution is 7.14. The number of ether oxygens (including phenoxy) is 1. The van der Waals surface area contributed by atoms with E-state index >= 15 is 0 Å². The van der Waals surface area contributed by atoms with Gasteiger partial charge in [0.25, 0.3) is 0 Å². The van der Waals surface area contributed by atoms with Gasteiger partial charge < -0.3 is 9.84 Å². The van der Waals surface area contributed by atoms with E-state index in [0.29, 0.717) is 10.3 Å². The molecule has 3 unspecified atom stereocenters. The first-order valence-electron chi connectivity index (χ1n) is 4.72. The van der Waals surface area contributed by atoms with Crippen molar-refractivity contribution in [1.29, 1.82) is 0 Å². The van der Waals surface area contributed by atoms with Crippen LogP contribution in [0.25, 0.3) is 0 Å². The number of hydrogen-bond donors (Lipinski definition) is 1. The van der Waals surface area contributed by atoms with E-state index in [4.69, 9.17) is 16.3 Å². The summed E-state index contributed by atoms with van der Waals surface area (Å²) in [5.41, 5.74) is 0.801. The number of aliphatic hydroxyl groups excluding tert-OH is 1. The molecule has 1 fully saturated rings. The monoisotopic (exact) mass is 232 g/mol. The van der Waals surface area contributed by atoms with Gasteiger partial charge in [-0.2, -0.15) is 0 Å². The van der Waals surface area contributed by atoms with Crippen LogP contribution in [-0.2, 0) is 4.74 Å². The molecule has 1 saturated heterocycles. The van der Waals surface area contributed by atoms with Crippen molar-refractivity contribution in [2.24, 2.45) is 5.92 Å². The van der Waals surface area contributed by atoms with E-state index in [2.05, 4.69) is 6.92 Å². The standard InChI is InChI=1S/C10H13ClO2S/c1-6-2-4-13-9(6)8(12)7-3-5-14-10(7)11/h3,5-6,8-9,12H,2,4H2,1H3. The van der Waals surface area contributed by atoms with Crippen molar-refractivity contribution in [2.75, 3.05) is 6.61 Å². The minimum absolute atomic E-state index is 0.0953. The van der Waals surface area contributed by atoms with Crippen LogP contribution in [0.5, 0.6) is 0 Å². The number of thiophene rings is 1. The van der Waals surface area contributed by atoms with Gasteiger partial charge >= 0.3 is 0 Å². The largest absolute Gasteiger partial charge is 0.386 e. The van der Waals surface area contributed by atoms with Crippen LogP contribution in [0.4, 0.5) is 0 Å². The molecule has 1 aromatic heterocycles. The fourth-order valence-electron chi connectivity index (χ4n) is 1.81. The Balaban J connectivity index is 2.15. The fraction of sp³-hybridized carbons (Fsp3) is 0.600.